The van der Waals surface area contributed by atoms with Crippen LogP contribution in [0, 0.1) is 0 Å². The summed E-state index contributed by atoms with van der Waals surface area (Å²) in [6.45, 7) is 0. The number of nitrogens with one attached hydrogen (secondary N) is 1. The van der Waals surface area contributed by atoms with Crippen LogP contribution in [0.1, 0.15) is 11.3 Å². The van der Waals surface area contributed by atoms with Gasteiger partial charge in [0.15, 0.2) is 0 Å². The number of carbonyl (C=O) groups is 1. The number of nitrogens with zero attached hydrogens (tertiary/aromatic N) is 4. The molecule has 6 nitrogen and oxygen atoms in total. The Balaban J connectivity index is 1.57. The summed E-state index contributed by atoms with van der Waals surface area (Å²) in [5.41, 5.74) is 0.613. The summed E-state index contributed by atoms with van der Waals surface area (Å²) in [7, 11) is 0. The molecule has 0 saturated carbocycles. The topological polar surface area (TPSA) is 72.7 Å². The van der Waals surface area contributed by atoms with Crippen LogP contribution in [0.3, 0.4) is 0 Å². The lowest BCUT2D eigenvalue weighted by Crippen LogP contribution is -2.11. The van der Waals surface area contributed by atoms with Crippen LogP contribution in [0.15, 0.2) is 43.0 Å². The van der Waals surface area contributed by atoms with E-state index >= 15 is 0 Å². The van der Waals surface area contributed by atoms with E-state index in [2.05, 4.69) is 20.4 Å². The molecule has 1 amide bonds. The summed E-state index contributed by atoms with van der Waals surface area (Å²) in [5, 5.41) is 6.93. The van der Waals surface area contributed by atoms with Gasteiger partial charge in [0.25, 0.3) is 0 Å². The van der Waals surface area contributed by atoms with Gasteiger partial charge in [-0.2, -0.15) is 5.10 Å². The van der Waals surface area contributed by atoms with Crippen molar-refractivity contribution in [1.82, 2.24) is 19.7 Å². The number of hydrogen-bond acceptors (Lipinski definition) is 5. The summed E-state index contributed by atoms with van der Waals surface area (Å²) in [6.07, 6.45) is 7.57. The number of anilines is 1. The van der Waals surface area contributed by atoms with Crippen molar-refractivity contribution in [1.29, 1.82) is 0 Å². The molecule has 0 radical (unpaired) electrons. The fourth-order valence-electron chi connectivity index (χ4n) is 1.85. The van der Waals surface area contributed by atoms with Crippen LogP contribution in [0.25, 0.3) is 5.95 Å². The Bertz CT molecular complexity index is 770. The molecule has 0 aromatic carbocycles. The Labute approximate surface area is 135 Å². The Hall–Kier alpha value is -2.25. The predicted molar refractivity (Wildman–Crippen MR) is 85.4 cm³/mol. The molecule has 3 rings (SSSR count). The van der Waals surface area contributed by atoms with Crippen molar-refractivity contribution in [2.75, 3.05) is 5.32 Å². The van der Waals surface area contributed by atoms with E-state index in [-0.39, 0.29) is 5.91 Å². The monoisotopic (exact) mass is 333 g/mol. The van der Waals surface area contributed by atoms with E-state index in [1.165, 1.54) is 16.0 Å². The first-order valence-electron chi connectivity index (χ1n) is 6.57. The molecular formula is C14H12ClN5OS. The summed E-state index contributed by atoms with van der Waals surface area (Å²) < 4.78 is 2.24. The molecule has 0 aliphatic rings. The summed E-state index contributed by atoms with van der Waals surface area (Å²) >= 11 is 7.35. The van der Waals surface area contributed by atoms with Gasteiger partial charge in [-0.1, -0.05) is 11.6 Å². The third-order valence-corrected chi connectivity index (χ3v) is 4.14. The van der Waals surface area contributed by atoms with Crippen LogP contribution >= 0.6 is 22.9 Å². The second-order valence-electron chi connectivity index (χ2n) is 4.48. The van der Waals surface area contributed by atoms with Crippen molar-refractivity contribution in [2.45, 2.75) is 12.8 Å². The molecule has 0 bridgehead atoms. The highest BCUT2D eigenvalue weighted by molar-refractivity contribution is 7.16. The van der Waals surface area contributed by atoms with Gasteiger partial charge in [-0.25, -0.2) is 14.6 Å². The third kappa shape index (κ3) is 3.69. The van der Waals surface area contributed by atoms with Crippen LogP contribution < -0.4 is 5.32 Å². The van der Waals surface area contributed by atoms with E-state index in [0.717, 1.165) is 9.21 Å². The smallest absolute Gasteiger partial charge is 0.250 e. The zero-order valence-corrected chi connectivity index (χ0v) is 13.0. The summed E-state index contributed by atoms with van der Waals surface area (Å²) in [5.74, 6) is 0.384. The fourth-order valence-corrected chi connectivity index (χ4v) is 2.94. The number of amides is 1. The highest BCUT2D eigenvalue weighted by Gasteiger charge is 2.08. The fraction of sp³-hybridized carbons (Fsp3) is 0.143. The maximum atomic E-state index is 11.9. The minimum Gasteiger partial charge on any atom is -0.323 e. The molecule has 1 N–H and O–H groups in total. The van der Waals surface area contributed by atoms with Gasteiger partial charge in [0.1, 0.15) is 0 Å². The first-order chi connectivity index (χ1) is 10.7. The minimum absolute atomic E-state index is 0.0712. The number of halogens is 1. The van der Waals surface area contributed by atoms with Gasteiger partial charge in [-0.15, -0.1) is 11.3 Å². The molecule has 0 aliphatic heterocycles. The van der Waals surface area contributed by atoms with E-state index in [4.69, 9.17) is 11.6 Å². The van der Waals surface area contributed by atoms with Crippen molar-refractivity contribution in [3.63, 3.8) is 0 Å². The second-order valence-corrected chi connectivity index (χ2v) is 6.28. The molecule has 3 aromatic heterocycles. The first-order valence-corrected chi connectivity index (χ1v) is 7.76. The Morgan fingerprint density at radius 1 is 1.32 bits per heavy atom. The summed E-state index contributed by atoms with van der Waals surface area (Å²) in [4.78, 5) is 21.2. The zero-order valence-electron chi connectivity index (χ0n) is 11.4. The van der Waals surface area contributed by atoms with Gasteiger partial charge < -0.3 is 5.32 Å². The first kappa shape index (κ1) is 14.7. The molecule has 8 heteroatoms. The lowest BCUT2D eigenvalue weighted by atomic mass is 10.2. The lowest BCUT2D eigenvalue weighted by Gasteiger charge is -2.01. The molecular weight excluding hydrogens is 322 g/mol. The van der Waals surface area contributed by atoms with Crippen molar-refractivity contribution in [2.24, 2.45) is 0 Å². The Morgan fingerprint density at radius 3 is 2.86 bits per heavy atom. The van der Waals surface area contributed by atoms with Gasteiger partial charge >= 0.3 is 0 Å². The number of hydrogen-bond donors (Lipinski definition) is 1. The van der Waals surface area contributed by atoms with E-state index in [1.54, 1.807) is 30.9 Å². The third-order valence-electron chi connectivity index (χ3n) is 2.85. The van der Waals surface area contributed by atoms with Crippen LogP contribution in [0.4, 0.5) is 5.69 Å². The molecule has 0 atom stereocenters. The van der Waals surface area contributed by atoms with Crippen molar-refractivity contribution in [3.8, 4) is 5.95 Å². The molecule has 0 saturated heterocycles. The predicted octanol–water partition coefficient (Wildman–Crippen LogP) is 2.95. The molecule has 0 fully saturated rings. The number of carbonyl (C=O) groups excluding carboxylic acids is 1. The van der Waals surface area contributed by atoms with E-state index in [9.17, 15) is 4.79 Å². The Kier molecular flexibility index (Phi) is 4.45. The maximum Gasteiger partial charge on any atom is 0.250 e. The lowest BCUT2D eigenvalue weighted by molar-refractivity contribution is -0.116. The quantitative estimate of drug-likeness (QED) is 0.779. The Morgan fingerprint density at radius 2 is 2.14 bits per heavy atom. The van der Waals surface area contributed by atoms with Crippen LogP contribution in [-0.4, -0.2) is 25.7 Å². The number of rotatable bonds is 5. The molecule has 112 valence electrons. The highest BCUT2D eigenvalue weighted by Crippen LogP contribution is 2.22. The van der Waals surface area contributed by atoms with Gasteiger partial charge in [0, 0.05) is 23.7 Å². The average molecular weight is 334 g/mol. The molecule has 0 unspecified atom stereocenters. The minimum atomic E-state index is -0.0712. The molecule has 3 heterocycles. The van der Waals surface area contributed by atoms with Crippen LogP contribution in [0.5, 0.6) is 0 Å². The van der Waals surface area contributed by atoms with Crippen LogP contribution in [0.2, 0.25) is 4.34 Å². The van der Waals surface area contributed by atoms with E-state index in [1.807, 2.05) is 12.1 Å². The van der Waals surface area contributed by atoms with Crippen molar-refractivity contribution < 1.29 is 4.79 Å². The van der Waals surface area contributed by atoms with Gasteiger partial charge in [-0.05, 0) is 24.6 Å². The SMILES string of the molecule is O=C(CCc1ccc(Cl)s1)Nc1cnn(-c2ncccn2)c1. The molecule has 0 aliphatic carbocycles. The van der Waals surface area contributed by atoms with Gasteiger partial charge in [0.2, 0.25) is 11.9 Å². The molecule has 0 spiro atoms. The molecule has 3 aromatic rings. The van der Waals surface area contributed by atoms with Crippen molar-refractivity contribution in [3.05, 3.63) is 52.2 Å². The summed E-state index contributed by atoms with van der Waals surface area (Å²) in [6, 6.07) is 5.50. The largest absolute Gasteiger partial charge is 0.323 e. The highest BCUT2D eigenvalue weighted by atomic mass is 35.5. The number of aromatic nitrogens is 4. The van der Waals surface area contributed by atoms with Gasteiger partial charge in [-0.3, -0.25) is 4.79 Å². The number of thiophene rings is 1. The normalized spacial score (nSPS) is 10.6. The van der Waals surface area contributed by atoms with Crippen LogP contribution in [-0.2, 0) is 11.2 Å². The van der Waals surface area contributed by atoms with Gasteiger partial charge in [0.05, 0.1) is 22.4 Å². The second kappa shape index (κ2) is 6.67. The standard InChI is InChI=1S/C14H12ClN5OS/c15-12-4-2-11(22-12)3-5-13(21)19-10-8-18-20(9-10)14-16-6-1-7-17-14/h1-2,4,6-9H,3,5H2,(H,19,21). The molecule has 22 heavy (non-hydrogen) atoms. The average Bonchev–Trinajstić information content (AvgIpc) is 3.15. The number of aryl methyl sites for hydroxylation is 1. The maximum absolute atomic E-state index is 11.9. The zero-order chi connectivity index (χ0) is 15.4. The van der Waals surface area contributed by atoms with E-state index in [0.29, 0.717) is 24.5 Å². The van der Waals surface area contributed by atoms with E-state index < -0.39 is 0 Å². The van der Waals surface area contributed by atoms with Crippen molar-refractivity contribution >= 4 is 34.5 Å².